The Labute approximate surface area is 398 Å². The lowest BCUT2D eigenvalue weighted by molar-refractivity contribution is -0.269. The molecule has 1 aliphatic heterocycles. The van der Waals surface area contributed by atoms with E-state index in [1.165, 1.54) is 36.4 Å². The Kier molecular flexibility index (Phi) is 16.0. The largest absolute Gasteiger partial charge is 0.480 e. The fraction of sp³-hybridized carbons (Fsp3) is 0.250. The molecule has 0 spiro atoms. The Bertz CT molecular complexity index is 2500. The minimum absolute atomic E-state index is 0.0300. The molecule has 0 bridgehead atoms. The topological polar surface area (TPSA) is 211 Å². The maximum absolute atomic E-state index is 13.9. The van der Waals surface area contributed by atoms with Crippen molar-refractivity contribution in [1.82, 2.24) is 10.6 Å². The summed E-state index contributed by atoms with van der Waals surface area (Å²) >= 11 is 17.5. The molecule has 1 heterocycles. The Morgan fingerprint density at radius 1 is 0.597 bits per heavy atom. The summed E-state index contributed by atoms with van der Waals surface area (Å²) in [6, 6.07) is 35.0. The van der Waals surface area contributed by atoms with Crippen LogP contribution in [0.5, 0.6) is 0 Å². The smallest absolute Gasteiger partial charge is 0.407 e. The van der Waals surface area contributed by atoms with Crippen LogP contribution in [0.15, 0.2) is 140 Å². The average molecular weight is 976 g/mol. The zero-order valence-electron chi connectivity index (χ0n) is 35.0. The highest BCUT2D eigenvalue weighted by molar-refractivity contribution is 6.67. The lowest BCUT2D eigenvalue weighted by Gasteiger charge is -2.45. The number of esters is 3. The van der Waals surface area contributed by atoms with Crippen molar-refractivity contribution in [1.29, 1.82) is 0 Å². The number of fused-ring (bicyclic) bond motifs is 3. The van der Waals surface area contributed by atoms with Crippen LogP contribution in [0, 0.1) is 0 Å². The van der Waals surface area contributed by atoms with Crippen LogP contribution in [0.3, 0.4) is 0 Å². The molecule has 2 amide bonds. The van der Waals surface area contributed by atoms with Crippen molar-refractivity contribution in [2.24, 2.45) is 0 Å². The number of nitrogens with one attached hydrogen (secondary N) is 2. The lowest BCUT2D eigenvalue weighted by Crippen LogP contribution is -2.67. The van der Waals surface area contributed by atoms with Gasteiger partial charge in [-0.2, -0.15) is 0 Å². The molecular formula is C48H41Cl3N2O14. The number of hydrogen-bond donors (Lipinski definition) is 3. The van der Waals surface area contributed by atoms with Crippen LogP contribution in [0.1, 0.15) is 48.1 Å². The van der Waals surface area contributed by atoms with E-state index in [4.69, 9.17) is 68.0 Å². The van der Waals surface area contributed by atoms with Crippen molar-refractivity contribution in [3.63, 3.8) is 0 Å². The molecular weight excluding hydrogens is 935 g/mol. The predicted molar refractivity (Wildman–Crippen MR) is 241 cm³/mol. The molecule has 3 N–H and O–H groups in total. The van der Waals surface area contributed by atoms with E-state index < -0.39 is 96.4 Å². The van der Waals surface area contributed by atoms with Gasteiger partial charge in [0.2, 0.25) is 3.79 Å². The van der Waals surface area contributed by atoms with E-state index >= 15 is 0 Å². The van der Waals surface area contributed by atoms with Crippen LogP contribution < -0.4 is 10.6 Å². The number of ether oxygens (including phenoxy) is 7. The van der Waals surface area contributed by atoms with Gasteiger partial charge < -0.3 is 48.9 Å². The van der Waals surface area contributed by atoms with E-state index in [0.717, 1.165) is 22.3 Å². The Balaban J connectivity index is 1.17. The van der Waals surface area contributed by atoms with Gasteiger partial charge in [-0.3, -0.25) is 0 Å². The summed E-state index contributed by atoms with van der Waals surface area (Å²) in [5, 5.41) is 15.0. The molecule has 19 heteroatoms. The molecule has 1 saturated heterocycles. The maximum atomic E-state index is 13.9. The fourth-order valence-corrected chi connectivity index (χ4v) is 7.60. The minimum atomic E-state index is -2.07. The van der Waals surface area contributed by atoms with E-state index in [0.29, 0.717) is 0 Å². The highest BCUT2D eigenvalue weighted by Crippen LogP contribution is 2.44. The first-order chi connectivity index (χ1) is 32.3. The van der Waals surface area contributed by atoms with Crippen LogP contribution >= 0.6 is 34.8 Å². The molecule has 348 valence electrons. The van der Waals surface area contributed by atoms with Crippen molar-refractivity contribution >= 4 is 70.9 Å². The number of amides is 2. The molecule has 5 aromatic rings. The summed E-state index contributed by atoms with van der Waals surface area (Å²) in [4.78, 5) is 80.3. The van der Waals surface area contributed by atoms with Gasteiger partial charge in [-0.25, -0.2) is 28.8 Å². The highest BCUT2D eigenvalue weighted by Gasteiger charge is 2.53. The van der Waals surface area contributed by atoms with Gasteiger partial charge in [-0.05, 0) is 58.7 Å². The normalized spacial score (nSPS) is 19.1. The third kappa shape index (κ3) is 12.6. The van der Waals surface area contributed by atoms with Crippen molar-refractivity contribution < 1.29 is 67.0 Å². The van der Waals surface area contributed by atoms with Gasteiger partial charge in [0.25, 0.3) is 0 Å². The second kappa shape index (κ2) is 22.2. The zero-order chi connectivity index (χ0) is 47.5. The third-order valence-electron chi connectivity index (χ3n) is 10.6. The van der Waals surface area contributed by atoms with Crippen molar-refractivity contribution in [3.05, 3.63) is 167 Å². The highest BCUT2D eigenvalue weighted by atomic mass is 35.6. The number of hydrogen-bond acceptors (Lipinski definition) is 13. The molecule has 1 fully saturated rings. The second-order valence-electron chi connectivity index (χ2n) is 15.0. The summed E-state index contributed by atoms with van der Waals surface area (Å²) < 4.78 is 38.5. The van der Waals surface area contributed by atoms with E-state index in [1.54, 1.807) is 54.6 Å². The molecule has 67 heavy (non-hydrogen) atoms. The van der Waals surface area contributed by atoms with Crippen LogP contribution in [0.25, 0.3) is 11.1 Å². The van der Waals surface area contributed by atoms with E-state index in [2.05, 4.69) is 10.6 Å². The molecule has 5 aromatic carbocycles. The molecule has 0 saturated carbocycles. The monoisotopic (exact) mass is 974 g/mol. The lowest BCUT2D eigenvalue weighted by atomic mass is 9.96. The molecule has 7 rings (SSSR count). The van der Waals surface area contributed by atoms with Gasteiger partial charge in [-0.15, -0.1) is 0 Å². The van der Waals surface area contributed by atoms with Crippen LogP contribution in [0.4, 0.5) is 9.59 Å². The zero-order valence-corrected chi connectivity index (χ0v) is 37.3. The number of carboxylic acids is 1. The van der Waals surface area contributed by atoms with Crippen LogP contribution in [0.2, 0.25) is 0 Å². The van der Waals surface area contributed by atoms with Crippen molar-refractivity contribution in [3.8, 4) is 11.1 Å². The number of rotatable bonds is 16. The number of alkyl carbamates (subject to hydrolysis) is 2. The average Bonchev–Trinajstić information content (AvgIpc) is 3.66. The number of alkyl halides is 3. The van der Waals surface area contributed by atoms with Crippen molar-refractivity contribution in [2.45, 2.75) is 46.4 Å². The van der Waals surface area contributed by atoms with Crippen LogP contribution in [-0.4, -0.2) is 108 Å². The summed E-state index contributed by atoms with van der Waals surface area (Å²) in [6.45, 7) is -2.45. The van der Waals surface area contributed by atoms with E-state index in [-0.39, 0.29) is 29.2 Å². The van der Waals surface area contributed by atoms with Crippen molar-refractivity contribution in [2.75, 3.05) is 26.4 Å². The SMILES string of the molecule is O=C(N[C@H]1[C@H](OC[C@H](NC(=O)OCC2c3ccccc3-c3ccccc32)C(=O)O)O[C@H](COC(=O)c2ccccc2)[C@@H](OC(=O)c2ccccc2)[C@@H]1OC(=O)c1ccccc1)OCC(Cl)(Cl)Cl. The maximum Gasteiger partial charge on any atom is 0.407 e. The molecule has 0 aromatic heterocycles. The number of carbonyl (C=O) groups excluding carboxylic acids is 5. The first-order valence-corrected chi connectivity index (χ1v) is 21.7. The number of halogens is 3. The molecule has 6 atom stereocenters. The number of carbonyl (C=O) groups is 6. The molecule has 0 radical (unpaired) electrons. The first-order valence-electron chi connectivity index (χ1n) is 20.6. The number of aliphatic carboxylic acids is 1. The Morgan fingerprint density at radius 3 is 1.61 bits per heavy atom. The number of carboxylic acid groups (broad SMARTS) is 1. The second-order valence-corrected chi connectivity index (χ2v) is 17.6. The van der Waals surface area contributed by atoms with Gasteiger partial charge in [0.1, 0.15) is 32.0 Å². The van der Waals surface area contributed by atoms with Gasteiger partial charge in [-0.1, -0.05) is 138 Å². The first kappa shape index (κ1) is 48.2. The molecule has 0 unspecified atom stereocenters. The summed E-state index contributed by atoms with van der Waals surface area (Å²) in [7, 11) is 0. The third-order valence-corrected chi connectivity index (χ3v) is 10.9. The van der Waals surface area contributed by atoms with Gasteiger partial charge in [0.05, 0.1) is 23.3 Å². The van der Waals surface area contributed by atoms with Gasteiger partial charge in [0, 0.05) is 5.92 Å². The Morgan fingerprint density at radius 2 is 1.09 bits per heavy atom. The summed E-state index contributed by atoms with van der Waals surface area (Å²) in [6.07, 6.45) is -9.24. The quantitative estimate of drug-likeness (QED) is 0.0497. The van der Waals surface area contributed by atoms with E-state index in [9.17, 15) is 33.9 Å². The van der Waals surface area contributed by atoms with Gasteiger partial charge in [0.15, 0.2) is 24.5 Å². The molecule has 2 aliphatic rings. The predicted octanol–water partition coefficient (Wildman–Crippen LogP) is 7.49. The fourth-order valence-electron chi connectivity index (χ4n) is 7.44. The van der Waals surface area contributed by atoms with E-state index in [1.807, 2.05) is 48.5 Å². The summed E-state index contributed by atoms with van der Waals surface area (Å²) in [5.74, 6) is -4.64. The Hall–Kier alpha value is -6.69. The minimum Gasteiger partial charge on any atom is -0.480 e. The molecule has 16 nitrogen and oxygen atoms in total. The standard InChI is InChI=1S/C48H41Cl3N2O14/c49-48(50,51)27-64-47(60)53-38-40(67-44(58)30-18-8-3-9-19-30)39(66-43(57)29-16-6-2-7-17-29)37(26-61-42(56)28-14-4-1-5-15-28)65-45(38)62-25-36(41(54)55)52-46(59)63-24-35-33-22-12-10-20-31(33)32-21-11-13-23-34(32)35/h1-23,35-40,45H,24-27H2,(H,52,59)(H,53,60)(H,54,55)/t36-,37+,38+,39+,40+,45+/m0/s1. The van der Waals surface area contributed by atoms with Crippen LogP contribution in [-0.2, 0) is 38.0 Å². The summed E-state index contributed by atoms with van der Waals surface area (Å²) in [5.41, 5.74) is 4.05. The number of benzene rings is 5. The van der Waals surface area contributed by atoms with Gasteiger partial charge >= 0.3 is 36.1 Å². The molecule has 1 aliphatic carbocycles.